The van der Waals surface area contributed by atoms with Crippen LogP contribution in [0.1, 0.15) is 31.2 Å². The van der Waals surface area contributed by atoms with Crippen LogP contribution in [0.3, 0.4) is 0 Å². The Morgan fingerprint density at radius 3 is 2.04 bits per heavy atom. The first-order valence-corrected chi connectivity index (χ1v) is 9.24. The number of carbonyl (C=O) groups excluding carboxylic acids is 2. The van der Waals surface area contributed by atoms with Gasteiger partial charge in [0.05, 0.1) is 5.41 Å². The van der Waals surface area contributed by atoms with E-state index in [0.717, 1.165) is 35.7 Å². The van der Waals surface area contributed by atoms with Crippen LogP contribution in [-0.4, -0.2) is 47.8 Å². The van der Waals surface area contributed by atoms with Crippen LogP contribution in [0, 0.1) is 5.92 Å². The van der Waals surface area contributed by atoms with Crippen LogP contribution in [0.4, 0.5) is 0 Å². The van der Waals surface area contributed by atoms with Crippen molar-refractivity contribution in [2.45, 2.75) is 31.1 Å². The van der Waals surface area contributed by atoms with Gasteiger partial charge in [-0.25, -0.2) is 0 Å². The van der Waals surface area contributed by atoms with E-state index in [9.17, 15) is 9.59 Å². The van der Waals surface area contributed by atoms with E-state index in [1.54, 1.807) is 0 Å². The molecule has 1 heterocycles. The summed E-state index contributed by atoms with van der Waals surface area (Å²) in [6.45, 7) is 2.74. The number of rotatable bonds is 3. The lowest BCUT2D eigenvalue weighted by atomic mass is 9.94. The van der Waals surface area contributed by atoms with E-state index in [1.165, 1.54) is 0 Å². The fourth-order valence-corrected chi connectivity index (χ4v) is 3.81. The number of nitrogens with zero attached hydrogens (tertiary/aromatic N) is 2. The van der Waals surface area contributed by atoms with Gasteiger partial charge in [-0.2, -0.15) is 0 Å². The fourth-order valence-electron chi connectivity index (χ4n) is 3.54. The minimum absolute atomic E-state index is 0.248. The van der Waals surface area contributed by atoms with Gasteiger partial charge < -0.3 is 9.80 Å². The number of halogens is 1. The zero-order valence-electron chi connectivity index (χ0n) is 13.1. The molecular formula is C18H21BrN2O2. The lowest BCUT2D eigenvalue weighted by molar-refractivity contribution is -0.141. The van der Waals surface area contributed by atoms with Gasteiger partial charge in [-0.3, -0.25) is 9.59 Å². The predicted octanol–water partition coefficient (Wildman–Crippen LogP) is 2.56. The van der Waals surface area contributed by atoms with Crippen LogP contribution >= 0.6 is 15.9 Å². The summed E-state index contributed by atoms with van der Waals surface area (Å²) in [7, 11) is 0. The van der Waals surface area contributed by atoms with Gasteiger partial charge in [0.25, 0.3) is 0 Å². The SMILES string of the molecule is O=C(C1CC1)N1CCN(C(=O)C2(c3ccc(Br)cc3)CC2)CC1. The third-order valence-corrected chi connectivity index (χ3v) is 5.89. The van der Waals surface area contributed by atoms with Crippen LogP contribution in [0.5, 0.6) is 0 Å². The monoisotopic (exact) mass is 376 g/mol. The van der Waals surface area contributed by atoms with Crippen molar-refractivity contribution in [3.63, 3.8) is 0 Å². The summed E-state index contributed by atoms with van der Waals surface area (Å²) in [5, 5.41) is 0. The summed E-state index contributed by atoms with van der Waals surface area (Å²) in [5.41, 5.74) is 0.825. The molecular weight excluding hydrogens is 356 g/mol. The molecule has 1 aromatic carbocycles. The summed E-state index contributed by atoms with van der Waals surface area (Å²) >= 11 is 3.45. The molecule has 0 atom stereocenters. The third-order valence-electron chi connectivity index (χ3n) is 5.36. The van der Waals surface area contributed by atoms with E-state index in [1.807, 2.05) is 21.9 Å². The van der Waals surface area contributed by atoms with Gasteiger partial charge in [-0.15, -0.1) is 0 Å². The van der Waals surface area contributed by atoms with Gasteiger partial charge >= 0.3 is 0 Å². The first-order chi connectivity index (χ1) is 11.1. The summed E-state index contributed by atoms with van der Waals surface area (Å²) in [6, 6.07) is 8.13. The van der Waals surface area contributed by atoms with Crippen molar-refractivity contribution in [3.8, 4) is 0 Å². The Hall–Kier alpha value is -1.36. The summed E-state index contributed by atoms with van der Waals surface area (Å²) in [4.78, 5) is 29.0. The van der Waals surface area contributed by atoms with E-state index < -0.39 is 0 Å². The highest BCUT2D eigenvalue weighted by Crippen LogP contribution is 2.50. The minimum atomic E-state index is -0.302. The molecule has 0 spiro atoms. The lowest BCUT2D eigenvalue weighted by Crippen LogP contribution is -2.53. The average Bonchev–Trinajstić information content (AvgIpc) is 3.48. The normalized spacial score (nSPS) is 22.8. The van der Waals surface area contributed by atoms with Crippen molar-refractivity contribution in [2.24, 2.45) is 5.92 Å². The highest BCUT2D eigenvalue weighted by molar-refractivity contribution is 9.10. The molecule has 2 saturated carbocycles. The molecule has 1 aromatic rings. The van der Waals surface area contributed by atoms with Crippen molar-refractivity contribution in [1.82, 2.24) is 9.80 Å². The summed E-state index contributed by atoms with van der Waals surface area (Å²) in [5.74, 6) is 0.819. The van der Waals surface area contributed by atoms with Crippen LogP contribution in [0.15, 0.2) is 28.7 Å². The fraction of sp³-hybridized carbons (Fsp3) is 0.556. The molecule has 0 radical (unpaired) electrons. The Bertz CT molecular complexity index is 627. The van der Waals surface area contributed by atoms with Gasteiger partial charge in [0, 0.05) is 36.6 Å². The summed E-state index contributed by atoms with van der Waals surface area (Å²) in [6.07, 6.45) is 3.97. The van der Waals surface area contributed by atoms with Crippen LogP contribution in [0.25, 0.3) is 0 Å². The molecule has 3 fully saturated rings. The zero-order valence-corrected chi connectivity index (χ0v) is 14.7. The maximum atomic E-state index is 13.0. The molecule has 0 N–H and O–H groups in total. The maximum absolute atomic E-state index is 13.0. The molecule has 3 aliphatic rings. The lowest BCUT2D eigenvalue weighted by Gasteiger charge is -2.37. The number of carbonyl (C=O) groups is 2. The van der Waals surface area contributed by atoms with Gasteiger partial charge in [-0.1, -0.05) is 28.1 Å². The average molecular weight is 377 g/mol. The third kappa shape index (κ3) is 2.80. The second-order valence-corrected chi connectivity index (χ2v) is 7.90. The van der Waals surface area contributed by atoms with Crippen molar-refractivity contribution >= 4 is 27.7 Å². The number of benzene rings is 1. The number of hydrogen-bond donors (Lipinski definition) is 0. The molecule has 2 aliphatic carbocycles. The Morgan fingerprint density at radius 1 is 0.957 bits per heavy atom. The molecule has 5 heteroatoms. The quantitative estimate of drug-likeness (QED) is 0.813. The van der Waals surface area contributed by atoms with E-state index >= 15 is 0 Å². The second-order valence-electron chi connectivity index (χ2n) is 6.98. The van der Waals surface area contributed by atoms with Gasteiger partial charge in [0.15, 0.2) is 0 Å². The molecule has 4 nitrogen and oxygen atoms in total. The molecule has 23 heavy (non-hydrogen) atoms. The molecule has 1 aliphatic heterocycles. The molecule has 1 saturated heterocycles. The number of hydrogen-bond acceptors (Lipinski definition) is 2. The Labute approximate surface area is 145 Å². The van der Waals surface area contributed by atoms with Crippen molar-refractivity contribution in [2.75, 3.05) is 26.2 Å². The largest absolute Gasteiger partial charge is 0.339 e. The standard InChI is InChI=1S/C18H21BrN2O2/c19-15-5-3-14(4-6-15)18(7-8-18)17(23)21-11-9-20(10-12-21)16(22)13-1-2-13/h3-6,13H,1-2,7-12H2. The van der Waals surface area contributed by atoms with Gasteiger partial charge in [0.2, 0.25) is 11.8 Å². The Kier molecular flexibility index (Phi) is 3.71. The smallest absolute Gasteiger partial charge is 0.233 e. The van der Waals surface area contributed by atoms with E-state index in [2.05, 4.69) is 28.1 Å². The highest BCUT2D eigenvalue weighted by Gasteiger charge is 2.53. The van der Waals surface area contributed by atoms with Crippen LogP contribution in [0.2, 0.25) is 0 Å². The topological polar surface area (TPSA) is 40.6 Å². The van der Waals surface area contributed by atoms with Gasteiger partial charge in [0.1, 0.15) is 0 Å². The van der Waals surface area contributed by atoms with E-state index in [0.29, 0.717) is 32.1 Å². The second kappa shape index (κ2) is 5.62. The maximum Gasteiger partial charge on any atom is 0.233 e. The minimum Gasteiger partial charge on any atom is -0.339 e. The molecule has 0 aromatic heterocycles. The first kappa shape index (κ1) is 15.2. The van der Waals surface area contributed by atoms with Crippen molar-refractivity contribution in [1.29, 1.82) is 0 Å². The van der Waals surface area contributed by atoms with Crippen molar-refractivity contribution < 1.29 is 9.59 Å². The molecule has 2 amide bonds. The zero-order chi connectivity index (χ0) is 16.0. The predicted molar refractivity (Wildman–Crippen MR) is 90.9 cm³/mol. The van der Waals surface area contributed by atoms with E-state index in [4.69, 9.17) is 0 Å². The van der Waals surface area contributed by atoms with Crippen LogP contribution < -0.4 is 0 Å². The molecule has 0 unspecified atom stereocenters. The summed E-state index contributed by atoms with van der Waals surface area (Å²) < 4.78 is 1.04. The molecule has 0 bridgehead atoms. The Morgan fingerprint density at radius 2 is 1.52 bits per heavy atom. The number of amides is 2. The highest BCUT2D eigenvalue weighted by atomic mass is 79.9. The Balaban J connectivity index is 1.41. The van der Waals surface area contributed by atoms with Gasteiger partial charge in [-0.05, 0) is 43.4 Å². The number of piperazine rings is 1. The van der Waals surface area contributed by atoms with Crippen LogP contribution in [-0.2, 0) is 15.0 Å². The van der Waals surface area contributed by atoms with E-state index in [-0.39, 0.29) is 17.2 Å². The van der Waals surface area contributed by atoms with Crippen molar-refractivity contribution in [3.05, 3.63) is 34.3 Å². The molecule has 4 rings (SSSR count). The molecule has 122 valence electrons. The first-order valence-electron chi connectivity index (χ1n) is 8.44.